The van der Waals surface area contributed by atoms with Gasteiger partial charge in [0, 0.05) is 6.92 Å². The van der Waals surface area contributed by atoms with Gasteiger partial charge in [0.15, 0.2) is 11.5 Å². The summed E-state index contributed by atoms with van der Waals surface area (Å²) in [6.45, 7) is 8.36. The summed E-state index contributed by atoms with van der Waals surface area (Å²) in [4.78, 5) is 4.22. The molecule has 0 unspecified atom stereocenters. The number of unbranched alkanes of at least 4 members (excludes halogenated alkanes) is 1. The second kappa shape index (κ2) is 6.31. The Labute approximate surface area is 97.7 Å². The van der Waals surface area contributed by atoms with E-state index in [0.29, 0.717) is 0 Å². The Kier molecular flexibility index (Phi) is 5.03. The molecule has 0 N–H and O–H groups in total. The van der Waals surface area contributed by atoms with E-state index >= 15 is 0 Å². The zero-order valence-electron chi connectivity index (χ0n) is 10.7. The Balaban J connectivity index is 0.000000280. The van der Waals surface area contributed by atoms with Gasteiger partial charge in [-0.3, -0.25) is 0 Å². The maximum atomic E-state index is 5.40. The van der Waals surface area contributed by atoms with Crippen LogP contribution in [0, 0.1) is 6.92 Å². The fourth-order valence-electron chi connectivity index (χ4n) is 1.30. The summed E-state index contributed by atoms with van der Waals surface area (Å²) in [5.74, 6) is 0.734. The molecule has 16 heavy (non-hydrogen) atoms. The van der Waals surface area contributed by atoms with Crippen LogP contribution in [0.1, 0.15) is 45.1 Å². The van der Waals surface area contributed by atoms with Crippen LogP contribution < -0.4 is 0 Å². The first-order chi connectivity index (χ1) is 7.71. The SMILES string of the molecule is CCCC.CCc1ccc2nc(C)oc2c1. The van der Waals surface area contributed by atoms with Crippen LogP contribution in [0.5, 0.6) is 0 Å². The molecule has 1 heterocycles. The minimum atomic E-state index is 0.734. The van der Waals surface area contributed by atoms with E-state index in [0.717, 1.165) is 23.4 Å². The van der Waals surface area contributed by atoms with Crippen LogP contribution in [0.4, 0.5) is 0 Å². The van der Waals surface area contributed by atoms with Crippen molar-refractivity contribution >= 4 is 11.1 Å². The molecule has 0 fully saturated rings. The minimum absolute atomic E-state index is 0.734. The quantitative estimate of drug-likeness (QED) is 0.743. The van der Waals surface area contributed by atoms with Crippen LogP contribution in [-0.4, -0.2) is 4.98 Å². The molecule has 2 nitrogen and oxygen atoms in total. The molecule has 0 saturated carbocycles. The molecule has 0 aliphatic carbocycles. The number of fused-ring (bicyclic) bond motifs is 1. The molecule has 0 bridgehead atoms. The zero-order chi connectivity index (χ0) is 12.0. The molecule has 1 aromatic heterocycles. The second-order valence-corrected chi connectivity index (χ2v) is 3.89. The third-order valence-electron chi connectivity index (χ3n) is 2.47. The van der Waals surface area contributed by atoms with Crippen molar-refractivity contribution in [2.75, 3.05) is 0 Å². The van der Waals surface area contributed by atoms with Gasteiger partial charge in [-0.25, -0.2) is 4.98 Å². The van der Waals surface area contributed by atoms with Crippen molar-refractivity contribution in [1.82, 2.24) is 4.98 Å². The van der Waals surface area contributed by atoms with E-state index in [1.54, 1.807) is 0 Å². The van der Waals surface area contributed by atoms with Crippen molar-refractivity contribution in [3.05, 3.63) is 29.7 Å². The van der Waals surface area contributed by atoms with Gasteiger partial charge in [-0.2, -0.15) is 0 Å². The normalized spacial score (nSPS) is 10.0. The second-order valence-electron chi connectivity index (χ2n) is 3.89. The van der Waals surface area contributed by atoms with Gasteiger partial charge < -0.3 is 4.42 Å². The van der Waals surface area contributed by atoms with Gasteiger partial charge >= 0.3 is 0 Å². The topological polar surface area (TPSA) is 26.0 Å². The highest BCUT2D eigenvalue weighted by Gasteiger charge is 2.01. The number of hydrogen-bond donors (Lipinski definition) is 0. The predicted molar refractivity (Wildman–Crippen MR) is 68.7 cm³/mol. The Hall–Kier alpha value is -1.31. The molecule has 0 amide bonds. The summed E-state index contributed by atoms with van der Waals surface area (Å²) >= 11 is 0. The van der Waals surface area contributed by atoms with E-state index in [-0.39, 0.29) is 0 Å². The lowest BCUT2D eigenvalue weighted by molar-refractivity contribution is 0.561. The average molecular weight is 219 g/mol. The van der Waals surface area contributed by atoms with Crippen LogP contribution in [0.2, 0.25) is 0 Å². The van der Waals surface area contributed by atoms with Crippen LogP contribution >= 0.6 is 0 Å². The largest absolute Gasteiger partial charge is 0.441 e. The Morgan fingerprint density at radius 2 is 1.81 bits per heavy atom. The molecule has 1 aromatic carbocycles. The van der Waals surface area contributed by atoms with Gasteiger partial charge in [0.25, 0.3) is 0 Å². The standard InChI is InChI=1S/C10H11NO.C4H10/c1-3-8-4-5-9-10(6-8)12-7(2)11-9;1-3-4-2/h4-6H,3H2,1-2H3;3-4H2,1-2H3. The summed E-state index contributed by atoms with van der Waals surface area (Å²) in [6.07, 6.45) is 3.68. The van der Waals surface area contributed by atoms with Gasteiger partial charge in [0.1, 0.15) is 5.52 Å². The van der Waals surface area contributed by atoms with Crippen molar-refractivity contribution in [3.8, 4) is 0 Å². The number of benzene rings is 1. The number of hydrogen-bond acceptors (Lipinski definition) is 2. The minimum Gasteiger partial charge on any atom is -0.441 e. The molecule has 88 valence electrons. The van der Waals surface area contributed by atoms with Crippen LogP contribution in [0.15, 0.2) is 22.6 Å². The molecule has 0 aliphatic heterocycles. The number of aryl methyl sites for hydroxylation is 2. The number of rotatable bonds is 2. The van der Waals surface area contributed by atoms with E-state index in [2.05, 4.69) is 37.9 Å². The highest BCUT2D eigenvalue weighted by molar-refractivity contribution is 5.73. The van der Waals surface area contributed by atoms with Gasteiger partial charge in [0.05, 0.1) is 0 Å². The lowest BCUT2D eigenvalue weighted by atomic mass is 10.1. The van der Waals surface area contributed by atoms with E-state index in [1.807, 2.05) is 13.0 Å². The van der Waals surface area contributed by atoms with Gasteiger partial charge in [0.2, 0.25) is 0 Å². The van der Waals surface area contributed by atoms with E-state index in [9.17, 15) is 0 Å². The van der Waals surface area contributed by atoms with E-state index in [1.165, 1.54) is 18.4 Å². The maximum Gasteiger partial charge on any atom is 0.192 e. The Morgan fingerprint density at radius 1 is 1.12 bits per heavy atom. The molecule has 0 saturated heterocycles. The fourth-order valence-corrected chi connectivity index (χ4v) is 1.30. The Bertz CT molecular complexity index is 429. The first-order valence-corrected chi connectivity index (χ1v) is 6.07. The number of nitrogens with zero attached hydrogens (tertiary/aromatic N) is 1. The number of aromatic nitrogens is 1. The van der Waals surface area contributed by atoms with Gasteiger partial charge in [-0.05, 0) is 24.1 Å². The van der Waals surface area contributed by atoms with Crippen LogP contribution in [0.25, 0.3) is 11.1 Å². The molecule has 0 atom stereocenters. The maximum absolute atomic E-state index is 5.40. The highest BCUT2D eigenvalue weighted by atomic mass is 16.3. The third-order valence-corrected chi connectivity index (χ3v) is 2.47. The van der Waals surface area contributed by atoms with Gasteiger partial charge in [-0.1, -0.05) is 39.7 Å². The summed E-state index contributed by atoms with van der Waals surface area (Å²) < 4.78 is 5.40. The molecule has 0 radical (unpaired) electrons. The summed E-state index contributed by atoms with van der Waals surface area (Å²) in [5, 5.41) is 0. The lowest BCUT2D eigenvalue weighted by Crippen LogP contribution is -1.77. The zero-order valence-corrected chi connectivity index (χ0v) is 10.7. The third kappa shape index (κ3) is 3.37. The van der Waals surface area contributed by atoms with E-state index < -0.39 is 0 Å². The number of oxazole rings is 1. The molecule has 2 rings (SSSR count). The Morgan fingerprint density at radius 3 is 2.38 bits per heavy atom. The summed E-state index contributed by atoms with van der Waals surface area (Å²) in [7, 11) is 0. The summed E-state index contributed by atoms with van der Waals surface area (Å²) in [6, 6.07) is 6.14. The van der Waals surface area contributed by atoms with Crippen molar-refractivity contribution in [1.29, 1.82) is 0 Å². The first-order valence-electron chi connectivity index (χ1n) is 6.07. The predicted octanol–water partition coefficient (Wildman–Crippen LogP) is 4.51. The van der Waals surface area contributed by atoms with Crippen LogP contribution in [0.3, 0.4) is 0 Å². The van der Waals surface area contributed by atoms with Crippen molar-refractivity contribution < 1.29 is 4.42 Å². The van der Waals surface area contributed by atoms with Gasteiger partial charge in [-0.15, -0.1) is 0 Å². The van der Waals surface area contributed by atoms with Crippen molar-refractivity contribution in [3.63, 3.8) is 0 Å². The van der Waals surface area contributed by atoms with Crippen molar-refractivity contribution in [2.45, 2.75) is 47.0 Å². The molecule has 0 aliphatic rings. The molecule has 2 heteroatoms. The van der Waals surface area contributed by atoms with E-state index in [4.69, 9.17) is 4.42 Å². The van der Waals surface area contributed by atoms with Crippen molar-refractivity contribution in [2.24, 2.45) is 0 Å². The summed E-state index contributed by atoms with van der Waals surface area (Å²) in [5.41, 5.74) is 3.13. The monoisotopic (exact) mass is 219 g/mol. The molecule has 0 spiro atoms. The molecular weight excluding hydrogens is 198 g/mol. The smallest absolute Gasteiger partial charge is 0.192 e. The first kappa shape index (κ1) is 12.8. The molecular formula is C14H21NO. The lowest BCUT2D eigenvalue weighted by Gasteiger charge is -1.92. The average Bonchev–Trinajstić information content (AvgIpc) is 2.68. The van der Waals surface area contributed by atoms with Crippen LogP contribution in [-0.2, 0) is 6.42 Å². The molecule has 2 aromatic rings. The fraction of sp³-hybridized carbons (Fsp3) is 0.500. The highest BCUT2D eigenvalue weighted by Crippen LogP contribution is 2.16.